The molecule has 0 unspecified atom stereocenters. The molecule has 3 aromatic rings. The van der Waals surface area contributed by atoms with Crippen molar-refractivity contribution in [1.82, 2.24) is 4.72 Å². The van der Waals surface area contributed by atoms with E-state index in [9.17, 15) is 13.2 Å². The zero-order valence-corrected chi connectivity index (χ0v) is 16.7. The van der Waals surface area contributed by atoms with Gasteiger partial charge in [-0.05, 0) is 61.5 Å². The molecule has 6 nitrogen and oxygen atoms in total. The van der Waals surface area contributed by atoms with Crippen LogP contribution in [0.3, 0.4) is 0 Å². The maximum absolute atomic E-state index is 12.8. The predicted octanol–water partition coefficient (Wildman–Crippen LogP) is 3.54. The van der Waals surface area contributed by atoms with E-state index >= 15 is 0 Å². The minimum absolute atomic E-state index is 0.116. The summed E-state index contributed by atoms with van der Waals surface area (Å²) in [4.78, 5) is 15.1. The lowest BCUT2D eigenvalue weighted by Gasteiger charge is -2.23. The first kappa shape index (κ1) is 19.2. The number of hydrogen-bond acceptors (Lipinski definition) is 4. The van der Waals surface area contributed by atoms with Crippen molar-refractivity contribution >= 4 is 33.0 Å². The molecule has 0 saturated carbocycles. The first-order chi connectivity index (χ1) is 14.0. The monoisotopic (exact) mass is 407 g/mol. The Morgan fingerprint density at radius 2 is 1.55 bits per heavy atom. The maximum Gasteiger partial charge on any atom is 0.255 e. The lowest BCUT2D eigenvalue weighted by molar-refractivity contribution is 0.102. The molecule has 1 heterocycles. The highest BCUT2D eigenvalue weighted by molar-refractivity contribution is 7.89. The van der Waals surface area contributed by atoms with E-state index in [-0.39, 0.29) is 10.8 Å². The summed E-state index contributed by atoms with van der Waals surface area (Å²) in [5.74, 6) is -0.293. The number of rotatable bonds is 5. The number of hydrogen-bond donors (Lipinski definition) is 2. The standard InChI is InChI=1S/C22H21N3O3S/c1-23-29(27,28)18-12-10-17(11-13-18)22(26)24-19-7-3-5-9-21(19)25-15-14-16-6-2-4-8-20(16)25/h2-13,23H,14-15H2,1H3,(H,24,26). The number of nitrogens with one attached hydrogen (secondary N) is 2. The van der Waals surface area contributed by atoms with Crippen molar-refractivity contribution in [2.24, 2.45) is 0 Å². The number of carbonyl (C=O) groups is 1. The SMILES string of the molecule is CNS(=O)(=O)c1ccc(C(=O)Nc2ccccc2N2CCc3ccccc32)cc1. The highest BCUT2D eigenvalue weighted by Gasteiger charge is 2.22. The molecule has 1 amide bonds. The molecule has 29 heavy (non-hydrogen) atoms. The van der Waals surface area contributed by atoms with Crippen molar-refractivity contribution in [2.75, 3.05) is 23.8 Å². The first-order valence-electron chi connectivity index (χ1n) is 9.29. The third-order valence-electron chi connectivity index (χ3n) is 5.03. The third kappa shape index (κ3) is 3.74. The largest absolute Gasteiger partial charge is 0.339 e. The molecule has 0 aliphatic carbocycles. The number of sulfonamides is 1. The van der Waals surface area contributed by atoms with Gasteiger partial charge in [0.1, 0.15) is 0 Å². The topological polar surface area (TPSA) is 78.5 Å². The summed E-state index contributed by atoms with van der Waals surface area (Å²) in [6.07, 6.45) is 0.958. The van der Waals surface area contributed by atoms with Gasteiger partial charge in [-0.2, -0.15) is 0 Å². The summed E-state index contributed by atoms with van der Waals surface area (Å²) >= 11 is 0. The van der Waals surface area contributed by atoms with Crippen molar-refractivity contribution in [3.63, 3.8) is 0 Å². The van der Waals surface area contributed by atoms with Crippen LogP contribution in [0, 0.1) is 0 Å². The van der Waals surface area contributed by atoms with E-state index < -0.39 is 10.0 Å². The average molecular weight is 407 g/mol. The average Bonchev–Trinajstić information content (AvgIpc) is 3.18. The molecule has 1 aliphatic heterocycles. The normalized spacial score (nSPS) is 13.2. The lowest BCUT2D eigenvalue weighted by Crippen LogP contribution is -2.20. The molecular weight excluding hydrogens is 386 g/mol. The van der Waals surface area contributed by atoms with Crippen molar-refractivity contribution in [3.8, 4) is 0 Å². The van der Waals surface area contributed by atoms with Gasteiger partial charge in [0.2, 0.25) is 10.0 Å². The minimum atomic E-state index is -3.53. The highest BCUT2D eigenvalue weighted by atomic mass is 32.2. The number of nitrogens with zero attached hydrogens (tertiary/aromatic N) is 1. The second-order valence-corrected chi connectivity index (χ2v) is 8.62. The zero-order valence-electron chi connectivity index (χ0n) is 15.9. The Labute approximate surface area is 170 Å². The van der Waals surface area contributed by atoms with Gasteiger partial charge in [0.25, 0.3) is 5.91 Å². The maximum atomic E-state index is 12.8. The molecule has 3 aromatic carbocycles. The fourth-order valence-electron chi connectivity index (χ4n) is 3.50. The van der Waals surface area contributed by atoms with Crippen LogP contribution in [0.25, 0.3) is 0 Å². The lowest BCUT2D eigenvalue weighted by atomic mass is 10.1. The predicted molar refractivity (Wildman–Crippen MR) is 114 cm³/mol. The van der Waals surface area contributed by atoms with Crippen LogP contribution in [0.15, 0.2) is 77.7 Å². The summed E-state index contributed by atoms with van der Waals surface area (Å²) < 4.78 is 26.0. The van der Waals surface area contributed by atoms with E-state index in [1.807, 2.05) is 36.4 Å². The van der Waals surface area contributed by atoms with Gasteiger partial charge in [0.15, 0.2) is 0 Å². The molecular formula is C22H21N3O3S. The number of carbonyl (C=O) groups excluding carboxylic acids is 1. The van der Waals surface area contributed by atoms with Crippen molar-refractivity contribution < 1.29 is 13.2 Å². The molecule has 148 valence electrons. The van der Waals surface area contributed by atoms with E-state index in [2.05, 4.69) is 27.1 Å². The van der Waals surface area contributed by atoms with E-state index in [4.69, 9.17) is 0 Å². The van der Waals surface area contributed by atoms with Crippen LogP contribution in [0.4, 0.5) is 17.1 Å². The van der Waals surface area contributed by atoms with Gasteiger partial charge in [0.05, 0.1) is 16.3 Å². The molecule has 0 fully saturated rings. The van der Waals surface area contributed by atoms with Gasteiger partial charge >= 0.3 is 0 Å². The van der Waals surface area contributed by atoms with Gasteiger partial charge < -0.3 is 10.2 Å². The van der Waals surface area contributed by atoms with Crippen molar-refractivity contribution in [3.05, 3.63) is 83.9 Å². The van der Waals surface area contributed by atoms with E-state index in [0.29, 0.717) is 11.3 Å². The Morgan fingerprint density at radius 1 is 0.897 bits per heavy atom. The summed E-state index contributed by atoms with van der Waals surface area (Å²) in [5.41, 5.74) is 4.46. The number of para-hydroxylation sites is 3. The minimum Gasteiger partial charge on any atom is -0.339 e. The van der Waals surface area contributed by atoms with Gasteiger partial charge in [-0.15, -0.1) is 0 Å². The smallest absolute Gasteiger partial charge is 0.255 e. The van der Waals surface area contributed by atoms with E-state index in [1.54, 1.807) is 0 Å². The second-order valence-electron chi connectivity index (χ2n) is 6.73. The van der Waals surface area contributed by atoms with Crippen LogP contribution < -0.4 is 14.9 Å². The van der Waals surface area contributed by atoms with E-state index in [1.165, 1.54) is 36.9 Å². The fraction of sp³-hybridized carbons (Fsp3) is 0.136. The third-order valence-corrected chi connectivity index (χ3v) is 6.46. The Hall–Kier alpha value is -3.16. The van der Waals surface area contributed by atoms with Gasteiger partial charge in [-0.25, -0.2) is 13.1 Å². The Kier molecular flexibility index (Phi) is 5.08. The molecule has 0 radical (unpaired) electrons. The molecule has 0 saturated heterocycles. The molecule has 7 heteroatoms. The molecule has 2 N–H and O–H groups in total. The molecule has 0 bridgehead atoms. The van der Waals surface area contributed by atoms with E-state index in [0.717, 1.165) is 24.3 Å². The summed E-state index contributed by atoms with van der Waals surface area (Å²) in [6.45, 7) is 0.850. The van der Waals surface area contributed by atoms with Crippen molar-refractivity contribution in [1.29, 1.82) is 0 Å². The van der Waals surface area contributed by atoms with Crippen molar-refractivity contribution in [2.45, 2.75) is 11.3 Å². The fourth-order valence-corrected chi connectivity index (χ4v) is 4.23. The molecule has 0 spiro atoms. The number of anilines is 3. The first-order valence-corrected chi connectivity index (χ1v) is 10.8. The summed E-state index contributed by atoms with van der Waals surface area (Å²) in [7, 11) is -2.18. The van der Waals surface area contributed by atoms with Gasteiger partial charge in [-0.1, -0.05) is 30.3 Å². The zero-order chi connectivity index (χ0) is 20.4. The Balaban J connectivity index is 1.59. The molecule has 4 rings (SSSR count). The summed E-state index contributed by atoms with van der Waals surface area (Å²) in [5, 5.41) is 2.96. The van der Waals surface area contributed by atoms with Gasteiger partial charge in [0, 0.05) is 17.8 Å². The summed E-state index contributed by atoms with van der Waals surface area (Å²) in [6, 6.07) is 21.8. The number of benzene rings is 3. The molecule has 1 aliphatic rings. The van der Waals surface area contributed by atoms with Crippen LogP contribution in [0.1, 0.15) is 15.9 Å². The van der Waals surface area contributed by atoms with Crippen LogP contribution in [0.2, 0.25) is 0 Å². The second kappa shape index (κ2) is 7.69. The quantitative estimate of drug-likeness (QED) is 0.678. The van der Waals surface area contributed by atoms with Gasteiger partial charge in [-0.3, -0.25) is 4.79 Å². The van der Waals surface area contributed by atoms with Crippen LogP contribution in [0.5, 0.6) is 0 Å². The number of fused-ring (bicyclic) bond motifs is 1. The Morgan fingerprint density at radius 3 is 2.28 bits per heavy atom. The molecule has 0 atom stereocenters. The highest BCUT2D eigenvalue weighted by Crippen LogP contribution is 2.38. The van der Waals surface area contributed by atoms with Crippen LogP contribution >= 0.6 is 0 Å². The Bertz CT molecular complexity index is 1160. The number of amides is 1. The van der Waals surface area contributed by atoms with Crippen LogP contribution in [-0.2, 0) is 16.4 Å². The van der Waals surface area contributed by atoms with Crippen LogP contribution in [-0.4, -0.2) is 27.9 Å². The molecule has 0 aromatic heterocycles.